The van der Waals surface area contributed by atoms with E-state index in [1.54, 1.807) is 0 Å². The maximum absolute atomic E-state index is 12.8. The van der Waals surface area contributed by atoms with E-state index in [1.807, 2.05) is 24.3 Å². The molecule has 2 aromatic carbocycles. The number of nitrogens with one attached hydrogen (secondary N) is 2. The minimum atomic E-state index is -1.09. The van der Waals surface area contributed by atoms with Gasteiger partial charge in [0, 0.05) is 18.4 Å². The average Bonchev–Trinajstić information content (AvgIpc) is 3.16. The lowest BCUT2D eigenvalue weighted by atomic mass is 9.82. The summed E-state index contributed by atoms with van der Waals surface area (Å²) in [5, 5.41) is 14.5. The number of hydrogen-bond donors (Lipinski definition) is 3. The summed E-state index contributed by atoms with van der Waals surface area (Å²) in [6, 6.07) is 15.0. The summed E-state index contributed by atoms with van der Waals surface area (Å²) in [5.74, 6) is -1.34. The van der Waals surface area contributed by atoms with Crippen LogP contribution < -0.4 is 10.6 Å². The van der Waals surface area contributed by atoms with E-state index in [0.717, 1.165) is 54.4 Å². The van der Waals surface area contributed by atoms with Crippen molar-refractivity contribution in [3.8, 4) is 11.1 Å². The Bertz CT molecular complexity index is 1000. The number of rotatable bonds is 8. The van der Waals surface area contributed by atoms with Gasteiger partial charge in [0.05, 0.1) is 0 Å². The zero-order valence-corrected chi connectivity index (χ0v) is 19.5. The van der Waals surface area contributed by atoms with Crippen LogP contribution in [0.1, 0.15) is 62.5 Å². The van der Waals surface area contributed by atoms with Gasteiger partial charge in [0.25, 0.3) is 0 Å². The van der Waals surface area contributed by atoms with Crippen molar-refractivity contribution < 1.29 is 24.2 Å². The Kier molecular flexibility index (Phi) is 7.50. The van der Waals surface area contributed by atoms with Crippen molar-refractivity contribution in [3.63, 3.8) is 0 Å². The number of aliphatic carboxylic acids is 1. The number of carbonyl (C=O) groups excluding carboxylic acids is 2. The average molecular weight is 465 g/mol. The molecule has 7 nitrogen and oxygen atoms in total. The molecule has 4 rings (SSSR count). The molecule has 0 bridgehead atoms. The normalized spacial score (nSPS) is 17.2. The van der Waals surface area contributed by atoms with Gasteiger partial charge in [-0.2, -0.15) is 0 Å². The van der Waals surface area contributed by atoms with Crippen LogP contribution in [0.2, 0.25) is 0 Å². The van der Waals surface area contributed by atoms with Crippen molar-refractivity contribution >= 4 is 18.0 Å². The van der Waals surface area contributed by atoms with Crippen molar-refractivity contribution in [2.24, 2.45) is 5.92 Å². The minimum Gasteiger partial charge on any atom is -0.480 e. The third kappa shape index (κ3) is 5.41. The standard InChI is InChI=1S/C27H32N2O5/c1-17(26(31)32)28-25(30)15-24(18-9-3-2-4-10-18)29-27(33)34-16-23-21-13-7-5-11-19(21)20-12-6-8-14-22(20)23/h5-8,11-14,17-18,23-24H,2-4,9-10,15-16H2,1H3,(H,28,30)(H,29,33)(H,31,32)/t17-,24?/m0/s1. The van der Waals surface area contributed by atoms with Gasteiger partial charge in [0.15, 0.2) is 0 Å². The molecular weight excluding hydrogens is 432 g/mol. The largest absolute Gasteiger partial charge is 0.480 e. The topological polar surface area (TPSA) is 105 Å². The van der Waals surface area contributed by atoms with Crippen LogP contribution in [0.25, 0.3) is 11.1 Å². The first-order valence-electron chi connectivity index (χ1n) is 12.1. The zero-order valence-electron chi connectivity index (χ0n) is 19.5. The number of alkyl carbamates (subject to hydrolysis) is 1. The molecule has 7 heteroatoms. The van der Waals surface area contributed by atoms with E-state index in [4.69, 9.17) is 9.84 Å². The van der Waals surface area contributed by atoms with Crippen molar-refractivity contribution in [1.82, 2.24) is 10.6 Å². The SMILES string of the molecule is C[C@H](NC(=O)CC(NC(=O)OCC1c2ccccc2-c2ccccc21)C1CCCCC1)C(=O)O. The maximum Gasteiger partial charge on any atom is 0.407 e. The second kappa shape index (κ2) is 10.7. The molecule has 2 aromatic rings. The molecule has 0 heterocycles. The molecule has 0 radical (unpaired) electrons. The second-order valence-electron chi connectivity index (χ2n) is 9.31. The van der Waals surface area contributed by atoms with Gasteiger partial charge in [-0.25, -0.2) is 4.79 Å². The highest BCUT2D eigenvalue weighted by Gasteiger charge is 2.31. The first-order valence-corrected chi connectivity index (χ1v) is 12.1. The van der Waals surface area contributed by atoms with Gasteiger partial charge < -0.3 is 20.5 Å². The Balaban J connectivity index is 1.41. The van der Waals surface area contributed by atoms with Crippen LogP contribution in [0, 0.1) is 5.92 Å². The van der Waals surface area contributed by atoms with Gasteiger partial charge in [0.1, 0.15) is 12.6 Å². The van der Waals surface area contributed by atoms with E-state index < -0.39 is 24.1 Å². The number of fused-ring (bicyclic) bond motifs is 3. The van der Waals surface area contributed by atoms with E-state index in [2.05, 4.69) is 34.9 Å². The number of carboxylic acids is 1. The molecule has 0 aromatic heterocycles. The summed E-state index contributed by atoms with van der Waals surface area (Å²) in [6.45, 7) is 1.63. The molecule has 2 amide bonds. The molecule has 2 aliphatic rings. The van der Waals surface area contributed by atoms with Crippen LogP contribution in [0.4, 0.5) is 4.79 Å². The lowest BCUT2D eigenvalue weighted by molar-refractivity contribution is -0.141. The highest BCUT2D eigenvalue weighted by atomic mass is 16.5. The van der Waals surface area contributed by atoms with Crippen LogP contribution in [0.15, 0.2) is 48.5 Å². The first kappa shape index (κ1) is 23.8. The van der Waals surface area contributed by atoms with E-state index in [0.29, 0.717) is 0 Å². The van der Waals surface area contributed by atoms with Crippen LogP contribution >= 0.6 is 0 Å². The predicted molar refractivity (Wildman–Crippen MR) is 128 cm³/mol. The molecule has 180 valence electrons. The molecule has 3 N–H and O–H groups in total. The fraction of sp³-hybridized carbons (Fsp3) is 0.444. The molecule has 34 heavy (non-hydrogen) atoms. The van der Waals surface area contributed by atoms with E-state index in [1.165, 1.54) is 6.92 Å². The molecule has 1 saturated carbocycles. The molecule has 0 aliphatic heterocycles. The summed E-state index contributed by atoms with van der Waals surface area (Å²) in [7, 11) is 0. The second-order valence-corrected chi connectivity index (χ2v) is 9.31. The van der Waals surface area contributed by atoms with E-state index >= 15 is 0 Å². The third-order valence-corrected chi connectivity index (χ3v) is 7.02. The summed E-state index contributed by atoms with van der Waals surface area (Å²) in [6.07, 6.45) is 4.60. The first-order chi connectivity index (χ1) is 16.4. The molecule has 0 saturated heterocycles. The number of carbonyl (C=O) groups is 3. The summed E-state index contributed by atoms with van der Waals surface area (Å²) >= 11 is 0. The molecule has 1 fully saturated rings. The Morgan fingerprint density at radius 1 is 0.941 bits per heavy atom. The van der Waals surface area contributed by atoms with Crippen LogP contribution in [-0.2, 0) is 14.3 Å². The summed E-state index contributed by atoms with van der Waals surface area (Å²) < 4.78 is 5.69. The lowest BCUT2D eigenvalue weighted by Crippen LogP contribution is -2.47. The van der Waals surface area contributed by atoms with E-state index in [-0.39, 0.29) is 30.8 Å². The molecule has 0 spiro atoms. The van der Waals surface area contributed by atoms with Gasteiger partial charge in [0.2, 0.25) is 5.91 Å². The lowest BCUT2D eigenvalue weighted by Gasteiger charge is -2.30. The van der Waals surface area contributed by atoms with Crippen molar-refractivity contribution in [1.29, 1.82) is 0 Å². The predicted octanol–water partition coefficient (Wildman–Crippen LogP) is 4.45. The zero-order chi connectivity index (χ0) is 24.1. The van der Waals surface area contributed by atoms with E-state index in [9.17, 15) is 14.4 Å². The smallest absolute Gasteiger partial charge is 0.407 e. The van der Waals surface area contributed by atoms with Gasteiger partial charge in [-0.05, 0) is 47.9 Å². The monoisotopic (exact) mass is 464 g/mol. The van der Waals surface area contributed by atoms with Gasteiger partial charge >= 0.3 is 12.1 Å². The highest BCUT2D eigenvalue weighted by Crippen LogP contribution is 2.44. The molecule has 1 unspecified atom stereocenters. The summed E-state index contributed by atoms with van der Waals surface area (Å²) in [5.41, 5.74) is 4.61. The maximum atomic E-state index is 12.8. The molecular formula is C27H32N2O5. The highest BCUT2D eigenvalue weighted by molar-refractivity contribution is 5.84. The number of hydrogen-bond acceptors (Lipinski definition) is 4. The fourth-order valence-electron chi connectivity index (χ4n) is 5.23. The van der Waals surface area contributed by atoms with Crippen molar-refractivity contribution in [2.45, 2.75) is 63.5 Å². The minimum absolute atomic E-state index is 0.0342. The number of ether oxygens (including phenoxy) is 1. The molecule has 2 atom stereocenters. The van der Waals surface area contributed by atoms with Crippen LogP contribution in [0.3, 0.4) is 0 Å². The quantitative estimate of drug-likeness (QED) is 0.535. The van der Waals surface area contributed by atoms with Gasteiger partial charge in [-0.15, -0.1) is 0 Å². The van der Waals surface area contributed by atoms with Crippen LogP contribution in [0.5, 0.6) is 0 Å². The number of carboxylic acid groups (broad SMARTS) is 1. The van der Waals surface area contributed by atoms with Gasteiger partial charge in [-0.3, -0.25) is 9.59 Å². The Morgan fingerprint density at radius 2 is 1.53 bits per heavy atom. The van der Waals surface area contributed by atoms with Gasteiger partial charge in [-0.1, -0.05) is 67.8 Å². The third-order valence-electron chi connectivity index (χ3n) is 7.02. The Labute approximate surface area is 199 Å². The van der Waals surface area contributed by atoms with Crippen molar-refractivity contribution in [3.05, 3.63) is 59.7 Å². The van der Waals surface area contributed by atoms with Crippen molar-refractivity contribution in [2.75, 3.05) is 6.61 Å². The summed E-state index contributed by atoms with van der Waals surface area (Å²) in [4.78, 5) is 36.4. The number of benzene rings is 2. The molecule has 2 aliphatic carbocycles. The fourth-order valence-corrected chi connectivity index (χ4v) is 5.23. The van der Waals surface area contributed by atoms with Crippen LogP contribution in [-0.4, -0.2) is 41.8 Å². The Morgan fingerprint density at radius 3 is 2.12 bits per heavy atom. The number of amides is 2. The Hall–Kier alpha value is -3.35.